The highest BCUT2D eigenvalue weighted by Crippen LogP contribution is 2.44. The molecule has 5 rings (SSSR count). The van der Waals surface area contributed by atoms with Gasteiger partial charge in [0.25, 0.3) is 0 Å². The van der Waals surface area contributed by atoms with Crippen molar-refractivity contribution in [2.24, 2.45) is 5.92 Å². The fraction of sp³-hybridized carbons (Fsp3) is 0.464. The maximum absolute atomic E-state index is 13.4. The third-order valence-electron chi connectivity index (χ3n) is 7.57. The van der Waals surface area contributed by atoms with Crippen LogP contribution in [-0.4, -0.2) is 53.2 Å². The van der Waals surface area contributed by atoms with Gasteiger partial charge >= 0.3 is 12.1 Å². The molecule has 2 aromatic rings. The fourth-order valence-corrected chi connectivity index (χ4v) is 5.68. The van der Waals surface area contributed by atoms with Crippen LogP contribution in [0.1, 0.15) is 62.0 Å². The summed E-state index contributed by atoms with van der Waals surface area (Å²) in [6.45, 7) is 0.463. The molecule has 0 heterocycles. The summed E-state index contributed by atoms with van der Waals surface area (Å²) in [5, 5.41) is 12.1. The monoisotopic (exact) mass is 476 g/mol. The van der Waals surface area contributed by atoms with E-state index < -0.39 is 12.1 Å². The van der Waals surface area contributed by atoms with E-state index >= 15 is 0 Å². The topological polar surface area (TPSA) is 95.9 Å². The van der Waals surface area contributed by atoms with Crippen molar-refractivity contribution in [3.8, 4) is 11.1 Å². The zero-order valence-corrected chi connectivity index (χ0v) is 19.8. The van der Waals surface area contributed by atoms with Crippen molar-refractivity contribution in [1.82, 2.24) is 10.2 Å². The SMILES string of the molecule is O=C(O)CCN(C(=O)C1CCCCC1NC(=O)OCC1c2ccccc2-c2ccccc21)C1CC1. The lowest BCUT2D eigenvalue weighted by atomic mass is 9.83. The van der Waals surface area contributed by atoms with Crippen molar-refractivity contribution in [2.45, 2.75) is 62.9 Å². The molecule has 3 aliphatic carbocycles. The molecule has 184 valence electrons. The zero-order valence-electron chi connectivity index (χ0n) is 19.8. The molecular formula is C28H32N2O5. The number of nitrogens with one attached hydrogen (secondary N) is 1. The van der Waals surface area contributed by atoms with Crippen LogP contribution in [0.25, 0.3) is 11.1 Å². The molecule has 0 aliphatic heterocycles. The maximum Gasteiger partial charge on any atom is 0.407 e. The minimum absolute atomic E-state index is 0.0155. The predicted octanol–water partition coefficient (Wildman–Crippen LogP) is 4.55. The lowest BCUT2D eigenvalue weighted by Gasteiger charge is -2.35. The number of rotatable bonds is 8. The Morgan fingerprint density at radius 2 is 1.54 bits per heavy atom. The predicted molar refractivity (Wildman–Crippen MR) is 131 cm³/mol. The highest BCUT2D eigenvalue weighted by molar-refractivity contribution is 5.82. The lowest BCUT2D eigenvalue weighted by Crippen LogP contribution is -2.50. The Balaban J connectivity index is 1.23. The van der Waals surface area contributed by atoms with Crippen molar-refractivity contribution < 1.29 is 24.2 Å². The first-order valence-electron chi connectivity index (χ1n) is 12.7. The summed E-state index contributed by atoms with van der Waals surface area (Å²) in [7, 11) is 0. The highest BCUT2D eigenvalue weighted by atomic mass is 16.5. The van der Waals surface area contributed by atoms with Crippen molar-refractivity contribution in [1.29, 1.82) is 0 Å². The van der Waals surface area contributed by atoms with Gasteiger partial charge in [0.05, 0.1) is 12.3 Å². The number of aliphatic carboxylic acids is 1. The molecule has 2 atom stereocenters. The highest BCUT2D eigenvalue weighted by Gasteiger charge is 2.40. The van der Waals surface area contributed by atoms with Crippen molar-refractivity contribution in [3.05, 3.63) is 59.7 Å². The van der Waals surface area contributed by atoms with Gasteiger partial charge in [0, 0.05) is 24.5 Å². The summed E-state index contributed by atoms with van der Waals surface area (Å²) in [5.74, 6) is -1.28. The molecule has 0 aromatic heterocycles. The minimum Gasteiger partial charge on any atom is -0.481 e. The Labute approximate surface area is 205 Å². The summed E-state index contributed by atoms with van der Waals surface area (Å²) in [4.78, 5) is 39.0. The number of benzene rings is 2. The van der Waals surface area contributed by atoms with Gasteiger partial charge in [0.15, 0.2) is 0 Å². The molecule has 35 heavy (non-hydrogen) atoms. The van der Waals surface area contributed by atoms with Gasteiger partial charge in [0.1, 0.15) is 6.61 Å². The summed E-state index contributed by atoms with van der Waals surface area (Å²) >= 11 is 0. The normalized spacial score (nSPS) is 21.0. The largest absolute Gasteiger partial charge is 0.481 e. The second-order valence-corrected chi connectivity index (χ2v) is 9.87. The molecule has 2 unspecified atom stereocenters. The summed E-state index contributed by atoms with van der Waals surface area (Å²) in [5.41, 5.74) is 4.67. The lowest BCUT2D eigenvalue weighted by molar-refractivity contribution is -0.141. The first-order chi connectivity index (χ1) is 17.0. The third kappa shape index (κ3) is 5.04. The number of fused-ring (bicyclic) bond motifs is 3. The van der Waals surface area contributed by atoms with E-state index in [0.29, 0.717) is 6.42 Å². The van der Waals surface area contributed by atoms with E-state index in [0.717, 1.165) is 43.2 Å². The number of carboxylic acids is 1. The van der Waals surface area contributed by atoms with Gasteiger partial charge in [-0.25, -0.2) is 4.79 Å². The summed E-state index contributed by atoms with van der Waals surface area (Å²) in [6, 6.07) is 16.3. The van der Waals surface area contributed by atoms with E-state index in [1.807, 2.05) is 24.3 Å². The first-order valence-corrected chi connectivity index (χ1v) is 12.7. The van der Waals surface area contributed by atoms with Gasteiger partial charge in [-0.2, -0.15) is 0 Å². The Morgan fingerprint density at radius 1 is 0.914 bits per heavy atom. The number of amides is 2. The fourth-order valence-electron chi connectivity index (χ4n) is 5.68. The minimum atomic E-state index is -0.902. The van der Waals surface area contributed by atoms with Gasteiger partial charge in [-0.15, -0.1) is 0 Å². The molecule has 0 spiro atoms. The van der Waals surface area contributed by atoms with Crippen molar-refractivity contribution >= 4 is 18.0 Å². The van der Waals surface area contributed by atoms with Crippen LogP contribution in [0.5, 0.6) is 0 Å². The quantitative estimate of drug-likeness (QED) is 0.583. The van der Waals surface area contributed by atoms with Gasteiger partial charge in [-0.3, -0.25) is 9.59 Å². The van der Waals surface area contributed by atoms with Crippen LogP contribution in [0.4, 0.5) is 4.79 Å². The Kier molecular flexibility index (Phi) is 6.75. The Bertz CT molecular complexity index is 1070. The van der Waals surface area contributed by atoms with Gasteiger partial charge < -0.3 is 20.1 Å². The number of carbonyl (C=O) groups is 3. The standard InChI is InChI=1S/C28H32N2O5/c31-26(32)15-16-30(18-13-14-18)27(33)23-11-5-6-12-25(23)29-28(34)35-17-24-21-9-3-1-7-19(21)20-8-2-4-10-22(20)24/h1-4,7-10,18,23-25H,5-6,11-17H2,(H,29,34)(H,31,32). The van der Waals surface area contributed by atoms with Gasteiger partial charge in [-0.1, -0.05) is 61.4 Å². The molecule has 0 saturated heterocycles. The van der Waals surface area contributed by atoms with Gasteiger partial charge in [0.2, 0.25) is 5.91 Å². The number of alkyl carbamates (subject to hydrolysis) is 1. The van der Waals surface area contributed by atoms with Crippen molar-refractivity contribution in [2.75, 3.05) is 13.2 Å². The Morgan fingerprint density at radius 3 is 2.17 bits per heavy atom. The number of hydrogen-bond donors (Lipinski definition) is 2. The molecule has 2 N–H and O–H groups in total. The zero-order chi connectivity index (χ0) is 24.4. The molecule has 2 saturated carbocycles. The third-order valence-corrected chi connectivity index (χ3v) is 7.57. The molecule has 2 amide bonds. The molecule has 3 aliphatic rings. The first kappa shape index (κ1) is 23.4. The molecule has 0 bridgehead atoms. The maximum atomic E-state index is 13.4. The van der Waals surface area contributed by atoms with E-state index in [1.165, 1.54) is 11.1 Å². The molecular weight excluding hydrogens is 444 g/mol. The second-order valence-electron chi connectivity index (χ2n) is 9.87. The molecule has 7 nitrogen and oxygen atoms in total. The van der Waals surface area contributed by atoms with E-state index in [2.05, 4.69) is 29.6 Å². The average Bonchev–Trinajstić information content (AvgIpc) is 3.65. The number of carboxylic acid groups (broad SMARTS) is 1. The number of carbonyl (C=O) groups excluding carboxylic acids is 2. The van der Waals surface area contributed by atoms with Gasteiger partial charge in [-0.05, 0) is 47.9 Å². The Hall–Kier alpha value is -3.35. The number of nitrogens with zero attached hydrogens (tertiary/aromatic N) is 1. The van der Waals surface area contributed by atoms with Crippen LogP contribution in [0.3, 0.4) is 0 Å². The van der Waals surface area contributed by atoms with E-state index in [-0.39, 0.29) is 49.4 Å². The van der Waals surface area contributed by atoms with E-state index in [1.54, 1.807) is 4.90 Å². The second kappa shape index (κ2) is 10.1. The number of hydrogen-bond acceptors (Lipinski definition) is 4. The van der Waals surface area contributed by atoms with Crippen LogP contribution in [0, 0.1) is 5.92 Å². The smallest absolute Gasteiger partial charge is 0.407 e. The van der Waals surface area contributed by atoms with E-state index in [4.69, 9.17) is 9.84 Å². The summed E-state index contributed by atoms with van der Waals surface area (Å²) in [6.07, 6.45) is 4.57. The molecule has 2 fully saturated rings. The van der Waals surface area contributed by atoms with Crippen LogP contribution in [0.2, 0.25) is 0 Å². The average molecular weight is 477 g/mol. The molecule has 2 aromatic carbocycles. The van der Waals surface area contributed by atoms with Crippen molar-refractivity contribution in [3.63, 3.8) is 0 Å². The van der Waals surface area contributed by atoms with Crippen LogP contribution >= 0.6 is 0 Å². The van der Waals surface area contributed by atoms with Crippen LogP contribution in [-0.2, 0) is 14.3 Å². The summed E-state index contributed by atoms with van der Waals surface area (Å²) < 4.78 is 5.72. The molecule has 7 heteroatoms. The van der Waals surface area contributed by atoms with Crippen LogP contribution < -0.4 is 5.32 Å². The van der Waals surface area contributed by atoms with E-state index in [9.17, 15) is 14.4 Å². The van der Waals surface area contributed by atoms with Crippen LogP contribution in [0.15, 0.2) is 48.5 Å². The number of ether oxygens (including phenoxy) is 1. The molecule has 0 radical (unpaired) electrons.